The van der Waals surface area contributed by atoms with Crippen molar-refractivity contribution in [3.63, 3.8) is 0 Å². The molecule has 0 saturated carbocycles. The predicted octanol–water partition coefficient (Wildman–Crippen LogP) is 14.2. The summed E-state index contributed by atoms with van der Waals surface area (Å²) < 4.78 is 11.2. The molecule has 0 aliphatic carbocycles. The minimum atomic E-state index is -1.57. The van der Waals surface area contributed by atoms with Crippen molar-refractivity contribution in [1.29, 1.82) is 0 Å². The second kappa shape index (κ2) is 48.3. The first-order valence-electron chi connectivity index (χ1n) is 29.1. The van der Waals surface area contributed by atoms with Gasteiger partial charge in [0.15, 0.2) is 6.29 Å². The number of aliphatic hydroxyl groups is 5. The number of hydrogen-bond donors (Lipinski definition) is 6. The van der Waals surface area contributed by atoms with Gasteiger partial charge in [0.05, 0.1) is 25.4 Å². The van der Waals surface area contributed by atoms with Crippen LogP contribution in [0.4, 0.5) is 0 Å². The highest BCUT2D eigenvalue weighted by atomic mass is 16.7. The topological polar surface area (TPSA) is 149 Å². The molecule has 1 saturated heterocycles. The monoisotopic (exact) mass is 950 g/mol. The molecule has 0 spiro atoms. The Bertz CT molecular complexity index is 1100. The molecule has 1 aliphatic heterocycles. The molecule has 1 fully saturated rings. The maximum atomic E-state index is 13.0. The van der Waals surface area contributed by atoms with Crippen molar-refractivity contribution in [2.75, 3.05) is 13.2 Å². The normalized spacial score (nSPS) is 19.8. The Labute approximate surface area is 413 Å². The Kier molecular flexibility index (Phi) is 45.9. The Morgan fingerprint density at radius 2 is 0.851 bits per heavy atom. The van der Waals surface area contributed by atoms with Gasteiger partial charge in [-0.25, -0.2) is 0 Å². The van der Waals surface area contributed by atoms with E-state index >= 15 is 0 Å². The zero-order valence-corrected chi connectivity index (χ0v) is 43.9. The Morgan fingerprint density at radius 3 is 1.25 bits per heavy atom. The minimum absolute atomic E-state index is 0.182. The average Bonchev–Trinajstić information content (AvgIpc) is 3.33. The Hall–Kier alpha value is -1.33. The van der Waals surface area contributed by atoms with Crippen molar-refractivity contribution in [2.45, 2.75) is 326 Å². The fourth-order valence-corrected chi connectivity index (χ4v) is 9.41. The first kappa shape index (κ1) is 63.7. The quantitative estimate of drug-likeness (QED) is 0.0261. The van der Waals surface area contributed by atoms with Crippen molar-refractivity contribution in [3.8, 4) is 0 Å². The van der Waals surface area contributed by atoms with Crippen LogP contribution in [0.15, 0.2) is 24.3 Å². The standard InChI is InChI=1S/C58H111NO8/c1-3-5-7-9-11-13-15-17-18-19-20-21-22-23-24-25-26-27-28-29-30-31-32-33-34-35-36-38-40-42-44-46-48-54(62)59-51(50-66-58-57(65)56(64)55(63)53(49-60)67-58)52(61)47-45-43-41-39-37-16-14-12-10-8-6-4-2/h37,39,45,47,51-53,55-58,60-61,63-65H,3-36,38,40-44,46,48-50H2,1-2H3,(H,59,62)/b39-37+,47-45+. The summed E-state index contributed by atoms with van der Waals surface area (Å²) in [6.07, 6.45) is 54.2. The van der Waals surface area contributed by atoms with Gasteiger partial charge in [-0.2, -0.15) is 0 Å². The predicted molar refractivity (Wildman–Crippen MR) is 281 cm³/mol. The van der Waals surface area contributed by atoms with Crippen LogP contribution in [-0.2, 0) is 14.3 Å². The molecule has 1 heterocycles. The van der Waals surface area contributed by atoms with E-state index in [1.807, 2.05) is 6.08 Å². The number of aliphatic hydroxyl groups excluding tert-OH is 5. The van der Waals surface area contributed by atoms with Crippen molar-refractivity contribution < 1.29 is 39.8 Å². The van der Waals surface area contributed by atoms with Gasteiger partial charge in [-0.05, 0) is 32.1 Å². The molecule has 1 rings (SSSR count). The van der Waals surface area contributed by atoms with E-state index in [9.17, 15) is 30.3 Å². The van der Waals surface area contributed by atoms with Gasteiger partial charge in [-0.1, -0.05) is 269 Å². The van der Waals surface area contributed by atoms with E-state index in [0.717, 1.165) is 38.5 Å². The van der Waals surface area contributed by atoms with Gasteiger partial charge >= 0.3 is 0 Å². The summed E-state index contributed by atoms with van der Waals surface area (Å²) in [5.41, 5.74) is 0. The van der Waals surface area contributed by atoms with Crippen LogP contribution in [0.5, 0.6) is 0 Å². The zero-order valence-electron chi connectivity index (χ0n) is 43.9. The molecule has 396 valence electrons. The van der Waals surface area contributed by atoms with E-state index in [1.165, 1.54) is 225 Å². The molecule has 0 aromatic rings. The van der Waals surface area contributed by atoms with Gasteiger partial charge < -0.3 is 40.3 Å². The van der Waals surface area contributed by atoms with Crippen LogP contribution in [-0.4, -0.2) is 87.5 Å². The lowest BCUT2D eigenvalue weighted by molar-refractivity contribution is -0.302. The molecule has 1 amide bonds. The number of carbonyl (C=O) groups is 1. The van der Waals surface area contributed by atoms with E-state index in [2.05, 4.69) is 31.3 Å². The van der Waals surface area contributed by atoms with E-state index in [0.29, 0.717) is 6.42 Å². The average molecular weight is 951 g/mol. The first-order chi connectivity index (χ1) is 32.8. The second-order valence-corrected chi connectivity index (χ2v) is 20.4. The summed E-state index contributed by atoms with van der Waals surface area (Å²) in [7, 11) is 0. The molecule has 9 heteroatoms. The lowest BCUT2D eigenvalue weighted by atomic mass is 9.99. The van der Waals surface area contributed by atoms with Gasteiger partial charge in [0.2, 0.25) is 5.91 Å². The summed E-state index contributed by atoms with van der Waals surface area (Å²) in [6.45, 7) is 3.77. The van der Waals surface area contributed by atoms with Gasteiger partial charge in [0, 0.05) is 6.42 Å². The molecule has 0 aromatic heterocycles. The first-order valence-corrected chi connectivity index (χ1v) is 29.1. The minimum Gasteiger partial charge on any atom is -0.394 e. The smallest absolute Gasteiger partial charge is 0.220 e. The van der Waals surface area contributed by atoms with Crippen molar-refractivity contribution in [3.05, 3.63) is 24.3 Å². The SMILES string of the molecule is CCCCCCCC/C=C/CC/C=C/C(O)C(COC1OC(CO)C(O)C(O)C1O)NC(=O)CCCCCCCCCCCCCCCCCCCCCCCCCCCCCCCCCC. The van der Waals surface area contributed by atoms with Crippen LogP contribution >= 0.6 is 0 Å². The zero-order chi connectivity index (χ0) is 48.7. The molecule has 7 atom stereocenters. The van der Waals surface area contributed by atoms with E-state index in [4.69, 9.17) is 9.47 Å². The summed E-state index contributed by atoms with van der Waals surface area (Å²) in [5, 5.41) is 54.3. The molecule has 7 unspecified atom stereocenters. The van der Waals surface area contributed by atoms with Gasteiger partial charge in [0.25, 0.3) is 0 Å². The number of carbonyl (C=O) groups excluding carboxylic acids is 1. The number of rotatable bonds is 50. The molecule has 9 nitrogen and oxygen atoms in total. The second-order valence-electron chi connectivity index (χ2n) is 20.4. The fourth-order valence-electron chi connectivity index (χ4n) is 9.41. The van der Waals surface area contributed by atoms with E-state index in [-0.39, 0.29) is 12.5 Å². The highest BCUT2D eigenvalue weighted by Crippen LogP contribution is 2.23. The van der Waals surface area contributed by atoms with Crippen LogP contribution in [0, 0.1) is 0 Å². The van der Waals surface area contributed by atoms with Crippen LogP contribution in [0.2, 0.25) is 0 Å². The third kappa shape index (κ3) is 38.1. The largest absolute Gasteiger partial charge is 0.394 e. The highest BCUT2D eigenvalue weighted by molar-refractivity contribution is 5.76. The summed E-state index contributed by atoms with van der Waals surface area (Å²) in [5.74, 6) is -0.182. The van der Waals surface area contributed by atoms with Gasteiger partial charge in [0.1, 0.15) is 24.4 Å². The Balaban J connectivity index is 2.09. The van der Waals surface area contributed by atoms with Crippen molar-refractivity contribution in [1.82, 2.24) is 5.32 Å². The molecule has 67 heavy (non-hydrogen) atoms. The maximum absolute atomic E-state index is 13.0. The van der Waals surface area contributed by atoms with Crippen LogP contribution < -0.4 is 5.32 Å². The molecule has 0 bridgehead atoms. The number of allylic oxidation sites excluding steroid dienone is 3. The summed E-state index contributed by atoms with van der Waals surface area (Å²) in [4.78, 5) is 13.0. The van der Waals surface area contributed by atoms with E-state index < -0.39 is 49.5 Å². The van der Waals surface area contributed by atoms with Gasteiger partial charge in [-0.15, -0.1) is 0 Å². The summed E-state index contributed by atoms with van der Waals surface area (Å²) in [6, 6.07) is -0.817. The Morgan fingerprint density at radius 1 is 0.493 bits per heavy atom. The molecule has 6 N–H and O–H groups in total. The number of unbranched alkanes of at least 4 members (excludes halogenated alkanes) is 38. The molecular formula is C58H111NO8. The summed E-state index contributed by atoms with van der Waals surface area (Å²) >= 11 is 0. The van der Waals surface area contributed by atoms with Crippen molar-refractivity contribution in [2.24, 2.45) is 0 Å². The number of nitrogens with one attached hydrogen (secondary N) is 1. The number of ether oxygens (including phenoxy) is 2. The third-order valence-corrected chi connectivity index (χ3v) is 14.0. The lowest BCUT2D eigenvalue weighted by Gasteiger charge is -2.40. The van der Waals surface area contributed by atoms with Crippen LogP contribution in [0.3, 0.4) is 0 Å². The molecule has 0 aromatic carbocycles. The van der Waals surface area contributed by atoms with Gasteiger partial charge in [-0.3, -0.25) is 4.79 Å². The third-order valence-electron chi connectivity index (χ3n) is 14.0. The molecule has 1 aliphatic rings. The lowest BCUT2D eigenvalue weighted by Crippen LogP contribution is -2.60. The van der Waals surface area contributed by atoms with Crippen LogP contribution in [0.25, 0.3) is 0 Å². The van der Waals surface area contributed by atoms with E-state index in [1.54, 1.807) is 6.08 Å². The number of hydrogen-bond acceptors (Lipinski definition) is 8. The number of amides is 1. The maximum Gasteiger partial charge on any atom is 0.220 e. The van der Waals surface area contributed by atoms with Crippen LogP contribution in [0.1, 0.15) is 284 Å². The molecular weight excluding hydrogens is 839 g/mol. The molecule has 0 radical (unpaired) electrons. The highest BCUT2D eigenvalue weighted by Gasteiger charge is 2.44. The van der Waals surface area contributed by atoms with Crippen molar-refractivity contribution >= 4 is 5.91 Å². The fraction of sp³-hybridized carbons (Fsp3) is 0.914.